The SMILES string of the molecule is COc1ccc(/C=C(/C(=O)c2ccc(OCCN3CCCC3)cc2)c2ccccc2)cc1. The fourth-order valence-electron chi connectivity index (χ4n) is 3.92. The number of nitrogens with zero attached hydrogens (tertiary/aromatic N) is 1. The van der Waals surface area contributed by atoms with Crippen molar-refractivity contribution in [1.82, 2.24) is 4.90 Å². The average Bonchev–Trinajstić information content (AvgIpc) is 3.37. The van der Waals surface area contributed by atoms with Crippen molar-refractivity contribution in [2.24, 2.45) is 0 Å². The van der Waals surface area contributed by atoms with Crippen LogP contribution in [0.2, 0.25) is 0 Å². The Morgan fingerprint density at radius 2 is 1.50 bits per heavy atom. The molecule has 0 radical (unpaired) electrons. The van der Waals surface area contributed by atoms with Crippen molar-refractivity contribution in [3.05, 3.63) is 95.6 Å². The van der Waals surface area contributed by atoms with Crippen LogP contribution < -0.4 is 9.47 Å². The lowest BCUT2D eigenvalue weighted by Gasteiger charge is -2.15. The maximum absolute atomic E-state index is 13.4. The fourth-order valence-corrected chi connectivity index (χ4v) is 3.92. The van der Waals surface area contributed by atoms with Gasteiger partial charge in [0.15, 0.2) is 5.78 Å². The third-order valence-electron chi connectivity index (χ3n) is 5.75. The van der Waals surface area contributed by atoms with E-state index in [2.05, 4.69) is 4.90 Å². The molecule has 1 aliphatic heterocycles. The first kappa shape index (κ1) is 21.8. The Morgan fingerprint density at radius 1 is 0.844 bits per heavy atom. The molecule has 4 rings (SSSR count). The number of likely N-dealkylation sites (tertiary alicyclic amines) is 1. The van der Waals surface area contributed by atoms with Gasteiger partial charge in [-0.1, -0.05) is 42.5 Å². The van der Waals surface area contributed by atoms with Crippen LogP contribution in [-0.4, -0.2) is 44.0 Å². The molecule has 1 saturated heterocycles. The second-order valence-electron chi connectivity index (χ2n) is 7.95. The highest BCUT2D eigenvalue weighted by molar-refractivity contribution is 6.32. The lowest BCUT2D eigenvalue weighted by molar-refractivity contribution is 0.105. The van der Waals surface area contributed by atoms with E-state index in [4.69, 9.17) is 9.47 Å². The Kier molecular flexibility index (Phi) is 7.36. The quantitative estimate of drug-likeness (QED) is 0.253. The molecule has 0 aromatic heterocycles. The summed E-state index contributed by atoms with van der Waals surface area (Å²) in [6.45, 7) is 3.95. The van der Waals surface area contributed by atoms with Crippen LogP contribution in [-0.2, 0) is 0 Å². The van der Waals surface area contributed by atoms with Crippen LogP contribution in [0.5, 0.6) is 11.5 Å². The topological polar surface area (TPSA) is 38.8 Å². The summed E-state index contributed by atoms with van der Waals surface area (Å²) in [5, 5.41) is 0. The van der Waals surface area contributed by atoms with E-state index < -0.39 is 0 Å². The largest absolute Gasteiger partial charge is 0.497 e. The number of hydrogen-bond donors (Lipinski definition) is 0. The van der Waals surface area contributed by atoms with Crippen LogP contribution in [0.25, 0.3) is 11.6 Å². The van der Waals surface area contributed by atoms with Crippen LogP contribution in [0.1, 0.15) is 34.3 Å². The van der Waals surface area contributed by atoms with Crippen molar-refractivity contribution >= 4 is 17.4 Å². The number of hydrogen-bond acceptors (Lipinski definition) is 4. The number of carbonyl (C=O) groups is 1. The summed E-state index contributed by atoms with van der Waals surface area (Å²) in [4.78, 5) is 15.9. The second-order valence-corrected chi connectivity index (χ2v) is 7.95. The molecule has 0 N–H and O–H groups in total. The van der Waals surface area contributed by atoms with Crippen LogP contribution >= 0.6 is 0 Å². The van der Waals surface area contributed by atoms with Crippen LogP contribution in [0.4, 0.5) is 0 Å². The van der Waals surface area contributed by atoms with Gasteiger partial charge >= 0.3 is 0 Å². The molecule has 32 heavy (non-hydrogen) atoms. The molecule has 3 aromatic rings. The van der Waals surface area contributed by atoms with Gasteiger partial charge in [0, 0.05) is 17.7 Å². The predicted molar refractivity (Wildman–Crippen MR) is 129 cm³/mol. The molecule has 164 valence electrons. The molecule has 0 amide bonds. The number of carbonyl (C=O) groups excluding carboxylic acids is 1. The smallest absolute Gasteiger partial charge is 0.193 e. The van der Waals surface area contributed by atoms with Gasteiger partial charge in [-0.3, -0.25) is 9.69 Å². The van der Waals surface area contributed by atoms with Crippen molar-refractivity contribution in [2.75, 3.05) is 33.4 Å². The zero-order valence-electron chi connectivity index (χ0n) is 18.5. The summed E-state index contributed by atoms with van der Waals surface area (Å²) in [6.07, 6.45) is 4.49. The van der Waals surface area contributed by atoms with Crippen molar-refractivity contribution in [3.8, 4) is 11.5 Å². The van der Waals surface area contributed by atoms with E-state index >= 15 is 0 Å². The molecule has 1 heterocycles. The van der Waals surface area contributed by atoms with Gasteiger partial charge in [-0.15, -0.1) is 0 Å². The number of allylic oxidation sites excluding steroid dienone is 1. The minimum atomic E-state index is -0.0179. The second kappa shape index (κ2) is 10.8. The number of ether oxygens (including phenoxy) is 2. The summed E-state index contributed by atoms with van der Waals surface area (Å²) >= 11 is 0. The zero-order chi connectivity index (χ0) is 22.2. The molecule has 0 saturated carbocycles. The Balaban J connectivity index is 1.50. The Bertz CT molecular complexity index is 1030. The van der Waals surface area contributed by atoms with Gasteiger partial charge in [-0.25, -0.2) is 0 Å². The van der Waals surface area contributed by atoms with E-state index in [0.717, 1.165) is 29.2 Å². The summed E-state index contributed by atoms with van der Waals surface area (Å²) in [5.74, 6) is 1.56. The first-order valence-electron chi connectivity index (χ1n) is 11.1. The highest BCUT2D eigenvalue weighted by atomic mass is 16.5. The molecule has 4 heteroatoms. The molecule has 3 aromatic carbocycles. The van der Waals surface area contributed by atoms with Crippen molar-refractivity contribution in [3.63, 3.8) is 0 Å². The number of rotatable bonds is 9. The van der Waals surface area contributed by atoms with Crippen molar-refractivity contribution in [2.45, 2.75) is 12.8 Å². The van der Waals surface area contributed by atoms with Crippen LogP contribution in [0, 0.1) is 0 Å². The number of Topliss-reactive ketones (excluding diaryl/α,β-unsaturated/α-hetero) is 1. The fraction of sp³-hybridized carbons (Fsp3) is 0.250. The maximum atomic E-state index is 13.4. The van der Waals surface area contributed by atoms with Gasteiger partial charge in [0.1, 0.15) is 18.1 Å². The number of methoxy groups -OCH3 is 1. The van der Waals surface area contributed by atoms with Gasteiger partial charge < -0.3 is 9.47 Å². The summed E-state index contributed by atoms with van der Waals surface area (Å²) in [5.41, 5.74) is 3.12. The summed E-state index contributed by atoms with van der Waals surface area (Å²) < 4.78 is 11.1. The minimum absolute atomic E-state index is 0.0179. The van der Waals surface area contributed by atoms with Gasteiger partial charge in [0.05, 0.1) is 7.11 Å². The Labute approximate surface area is 190 Å². The molecular weight excluding hydrogens is 398 g/mol. The Hall–Kier alpha value is -3.37. The molecule has 0 aliphatic carbocycles. The molecule has 4 nitrogen and oxygen atoms in total. The number of ketones is 1. The molecule has 0 spiro atoms. The Morgan fingerprint density at radius 3 is 2.16 bits per heavy atom. The van der Waals surface area contributed by atoms with E-state index in [1.807, 2.05) is 84.9 Å². The lowest BCUT2D eigenvalue weighted by Crippen LogP contribution is -2.25. The highest BCUT2D eigenvalue weighted by Crippen LogP contribution is 2.25. The molecule has 0 atom stereocenters. The third-order valence-corrected chi connectivity index (χ3v) is 5.75. The molecule has 0 unspecified atom stereocenters. The average molecular weight is 428 g/mol. The van der Waals surface area contributed by atoms with Crippen molar-refractivity contribution < 1.29 is 14.3 Å². The molecule has 0 bridgehead atoms. The molecule has 1 fully saturated rings. The first-order chi connectivity index (χ1) is 15.7. The lowest BCUT2D eigenvalue weighted by atomic mass is 9.94. The van der Waals surface area contributed by atoms with E-state index in [-0.39, 0.29) is 5.78 Å². The van der Waals surface area contributed by atoms with Gasteiger partial charge in [0.25, 0.3) is 0 Å². The normalized spacial score (nSPS) is 14.3. The van der Waals surface area contributed by atoms with E-state index in [9.17, 15) is 4.79 Å². The van der Waals surface area contributed by atoms with Crippen LogP contribution in [0.3, 0.4) is 0 Å². The van der Waals surface area contributed by atoms with Gasteiger partial charge in [-0.2, -0.15) is 0 Å². The zero-order valence-corrected chi connectivity index (χ0v) is 18.5. The highest BCUT2D eigenvalue weighted by Gasteiger charge is 2.15. The predicted octanol–water partition coefficient (Wildman–Crippen LogP) is 5.59. The molecule has 1 aliphatic rings. The van der Waals surface area contributed by atoms with E-state index in [1.54, 1.807) is 7.11 Å². The van der Waals surface area contributed by atoms with E-state index in [0.29, 0.717) is 17.7 Å². The third kappa shape index (κ3) is 5.65. The molecular formula is C28H29NO3. The standard InChI is InChI=1S/C28H29NO3/c1-31-25-13-9-22(10-14-25)21-27(23-7-3-2-4-8-23)28(30)24-11-15-26(16-12-24)32-20-19-29-17-5-6-18-29/h2-4,7-16,21H,5-6,17-20H2,1H3/b27-21+. The van der Waals surface area contributed by atoms with Crippen molar-refractivity contribution in [1.29, 1.82) is 0 Å². The monoisotopic (exact) mass is 427 g/mol. The van der Waals surface area contributed by atoms with E-state index in [1.165, 1.54) is 25.9 Å². The summed E-state index contributed by atoms with van der Waals surface area (Å²) in [7, 11) is 1.64. The summed E-state index contributed by atoms with van der Waals surface area (Å²) in [6, 6.07) is 24.9. The maximum Gasteiger partial charge on any atom is 0.193 e. The first-order valence-corrected chi connectivity index (χ1v) is 11.1. The minimum Gasteiger partial charge on any atom is -0.497 e. The van der Waals surface area contributed by atoms with Gasteiger partial charge in [-0.05, 0) is 79.5 Å². The van der Waals surface area contributed by atoms with Crippen LogP contribution in [0.15, 0.2) is 78.9 Å². The number of benzene rings is 3. The van der Waals surface area contributed by atoms with Gasteiger partial charge in [0.2, 0.25) is 0 Å².